The van der Waals surface area contributed by atoms with Gasteiger partial charge in [-0.25, -0.2) is 9.78 Å². The molecule has 0 N–H and O–H groups in total. The lowest BCUT2D eigenvalue weighted by Gasteiger charge is -2.40. The Bertz CT molecular complexity index is 886. The molecule has 0 radical (unpaired) electrons. The lowest BCUT2D eigenvalue weighted by molar-refractivity contribution is -0.148. The summed E-state index contributed by atoms with van der Waals surface area (Å²) in [5, 5.41) is 0. The van der Waals surface area contributed by atoms with Crippen molar-refractivity contribution in [2.45, 2.75) is 76.4 Å². The van der Waals surface area contributed by atoms with Crippen molar-refractivity contribution >= 4 is 17.1 Å². The molecule has 0 aliphatic carbocycles. The summed E-state index contributed by atoms with van der Waals surface area (Å²) in [7, 11) is 0. The molecule has 5 nitrogen and oxygen atoms in total. The van der Waals surface area contributed by atoms with E-state index in [0.717, 1.165) is 12.8 Å². The number of ether oxygens (including phenoxy) is 1. The van der Waals surface area contributed by atoms with Gasteiger partial charge < -0.3 is 14.2 Å². The molecule has 8 heteroatoms. The Morgan fingerprint density at radius 3 is 2.25 bits per heavy atom. The second-order valence-electron chi connectivity index (χ2n) is 8.69. The van der Waals surface area contributed by atoms with Crippen LogP contribution in [-0.4, -0.2) is 38.2 Å². The Morgan fingerprint density at radius 1 is 1.07 bits per heavy atom. The van der Waals surface area contributed by atoms with E-state index in [2.05, 4.69) is 4.98 Å². The Labute approximate surface area is 161 Å². The Morgan fingerprint density at radius 2 is 1.68 bits per heavy atom. The van der Waals surface area contributed by atoms with Gasteiger partial charge in [-0.05, 0) is 58.6 Å². The number of carbonyl (C=O) groups excluding carboxylic acids is 1. The largest absolute Gasteiger partial charge is 0.449 e. The highest BCUT2D eigenvalue weighted by Gasteiger charge is 2.47. The molecular weight excluding hydrogens is 371 g/mol. The second kappa shape index (κ2) is 6.39. The molecule has 1 aromatic carbocycles. The van der Waals surface area contributed by atoms with E-state index in [1.54, 1.807) is 29.2 Å². The van der Waals surface area contributed by atoms with E-state index < -0.39 is 17.6 Å². The molecule has 2 aliphatic rings. The number of alkyl halides is 3. The minimum absolute atomic E-state index is 0.110. The van der Waals surface area contributed by atoms with Crippen molar-refractivity contribution in [3.8, 4) is 0 Å². The summed E-state index contributed by atoms with van der Waals surface area (Å²) in [4.78, 5) is 18.2. The summed E-state index contributed by atoms with van der Waals surface area (Å²) < 4.78 is 47.9. The molecule has 3 atom stereocenters. The summed E-state index contributed by atoms with van der Waals surface area (Å²) in [5.74, 6) is -0.858. The Kier molecular flexibility index (Phi) is 4.35. The van der Waals surface area contributed by atoms with Crippen LogP contribution in [0, 0.1) is 0 Å². The van der Waals surface area contributed by atoms with Crippen LogP contribution in [0.4, 0.5) is 18.0 Å². The van der Waals surface area contributed by atoms with E-state index in [1.165, 1.54) is 4.57 Å². The van der Waals surface area contributed by atoms with Crippen LogP contribution in [0.15, 0.2) is 24.3 Å². The van der Waals surface area contributed by atoms with Gasteiger partial charge in [-0.1, -0.05) is 12.1 Å². The molecule has 1 aromatic heterocycles. The van der Waals surface area contributed by atoms with Gasteiger partial charge in [0.1, 0.15) is 5.60 Å². The predicted octanol–water partition coefficient (Wildman–Crippen LogP) is 5.16. The Hall–Kier alpha value is -2.25. The van der Waals surface area contributed by atoms with Crippen molar-refractivity contribution in [1.29, 1.82) is 0 Å². The number of aromatic nitrogens is 2. The molecule has 3 heterocycles. The highest BCUT2D eigenvalue weighted by atomic mass is 19.4. The first-order valence-electron chi connectivity index (χ1n) is 9.60. The molecule has 2 aliphatic heterocycles. The van der Waals surface area contributed by atoms with Crippen molar-refractivity contribution in [2.24, 2.45) is 0 Å². The number of fused-ring (bicyclic) bond motifs is 3. The topological polar surface area (TPSA) is 47.4 Å². The zero-order valence-corrected chi connectivity index (χ0v) is 16.2. The van der Waals surface area contributed by atoms with Crippen LogP contribution in [0.2, 0.25) is 0 Å². The van der Waals surface area contributed by atoms with Crippen LogP contribution >= 0.6 is 0 Å². The van der Waals surface area contributed by atoms with Gasteiger partial charge in [0.2, 0.25) is 5.82 Å². The van der Waals surface area contributed by atoms with Gasteiger partial charge in [0.05, 0.1) is 11.0 Å². The van der Waals surface area contributed by atoms with Crippen LogP contribution in [0.3, 0.4) is 0 Å². The molecule has 2 saturated heterocycles. The maximum Gasteiger partial charge on any atom is 0.449 e. The number of piperidine rings is 1. The van der Waals surface area contributed by atoms with E-state index >= 15 is 0 Å². The summed E-state index contributed by atoms with van der Waals surface area (Å²) in [6.07, 6.45) is -2.38. The first-order chi connectivity index (χ1) is 13.0. The summed E-state index contributed by atoms with van der Waals surface area (Å²) in [6, 6.07) is 6.13. The van der Waals surface area contributed by atoms with Crippen LogP contribution in [0.1, 0.15) is 58.3 Å². The van der Waals surface area contributed by atoms with Gasteiger partial charge in [0.15, 0.2) is 0 Å². The fourth-order valence-electron chi connectivity index (χ4n) is 4.59. The maximum absolute atomic E-state index is 13.7. The van der Waals surface area contributed by atoms with Gasteiger partial charge >= 0.3 is 12.3 Å². The van der Waals surface area contributed by atoms with E-state index in [-0.39, 0.29) is 24.2 Å². The number of hydrogen-bond donors (Lipinski definition) is 0. The monoisotopic (exact) mass is 395 g/mol. The summed E-state index contributed by atoms with van der Waals surface area (Å²) >= 11 is 0. The Balaban J connectivity index is 1.66. The SMILES string of the molecule is CC(C)(C)OC(=O)N1[C@@H]2CC[C@H]1CC(n1c(C(F)(F)F)nc3ccccc31)C2. The average Bonchev–Trinajstić information content (AvgIpc) is 3.09. The van der Waals surface area contributed by atoms with E-state index in [0.29, 0.717) is 23.9 Å². The molecule has 2 fully saturated rings. The van der Waals surface area contributed by atoms with Crippen molar-refractivity contribution in [3.63, 3.8) is 0 Å². The molecule has 1 unspecified atom stereocenters. The van der Waals surface area contributed by atoms with Crippen molar-refractivity contribution < 1.29 is 22.7 Å². The molecule has 2 aromatic rings. The number of imidazole rings is 1. The zero-order valence-electron chi connectivity index (χ0n) is 16.2. The number of carbonyl (C=O) groups is 1. The molecule has 152 valence electrons. The summed E-state index contributed by atoms with van der Waals surface area (Å²) in [5.41, 5.74) is 0.235. The van der Waals surface area contributed by atoms with E-state index in [4.69, 9.17) is 4.74 Å². The lowest BCUT2D eigenvalue weighted by atomic mass is 9.97. The van der Waals surface area contributed by atoms with Gasteiger partial charge in [-0.2, -0.15) is 13.2 Å². The third kappa shape index (κ3) is 3.33. The summed E-state index contributed by atoms with van der Waals surface area (Å²) in [6.45, 7) is 5.44. The normalized spacial score (nSPS) is 25.4. The fraction of sp³-hybridized carbons (Fsp3) is 0.600. The van der Waals surface area contributed by atoms with Crippen molar-refractivity contribution in [3.05, 3.63) is 30.1 Å². The number of rotatable bonds is 1. The average molecular weight is 395 g/mol. The van der Waals surface area contributed by atoms with Gasteiger partial charge in [-0.3, -0.25) is 0 Å². The van der Waals surface area contributed by atoms with Crippen LogP contribution < -0.4 is 0 Å². The standard InChI is InChI=1S/C20H24F3N3O2/c1-19(2,3)28-18(27)25-12-8-9-13(25)11-14(10-12)26-16-7-5-4-6-15(16)24-17(26)20(21,22)23/h4-7,12-14H,8-11H2,1-3H3/t12-,13+,14?. The number of para-hydroxylation sites is 2. The lowest BCUT2D eigenvalue weighted by Crippen LogP contribution is -2.49. The predicted molar refractivity (Wildman–Crippen MR) is 97.9 cm³/mol. The number of benzene rings is 1. The van der Waals surface area contributed by atoms with E-state index in [1.807, 2.05) is 20.8 Å². The fourth-order valence-corrected chi connectivity index (χ4v) is 4.59. The van der Waals surface area contributed by atoms with Crippen molar-refractivity contribution in [2.75, 3.05) is 0 Å². The van der Waals surface area contributed by atoms with Gasteiger partial charge in [-0.15, -0.1) is 0 Å². The molecular formula is C20H24F3N3O2. The van der Waals surface area contributed by atoms with Crippen molar-refractivity contribution in [1.82, 2.24) is 14.5 Å². The highest BCUT2D eigenvalue weighted by molar-refractivity contribution is 5.76. The maximum atomic E-state index is 13.7. The van der Waals surface area contributed by atoms with Crippen LogP contribution in [0.5, 0.6) is 0 Å². The van der Waals surface area contributed by atoms with Crippen LogP contribution in [0.25, 0.3) is 11.0 Å². The van der Waals surface area contributed by atoms with Gasteiger partial charge in [0.25, 0.3) is 0 Å². The smallest absolute Gasteiger partial charge is 0.444 e. The minimum atomic E-state index is -4.53. The molecule has 0 spiro atoms. The molecule has 2 bridgehead atoms. The molecule has 4 rings (SSSR count). The number of halogens is 3. The number of amides is 1. The number of hydrogen-bond acceptors (Lipinski definition) is 3. The molecule has 28 heavy (non-hydrogen) atoms. The van der Waals surface area contributed by atoms with E-state index in [9.17, 15) is 18.0 Å². The quantitative estimate of drug-likeness (QED) is 0.670. The third-order valence-electron chi connectivity index (χ3n) is 5.53. The first kappa shape index (κ1) is 19.1. The molecule has 0 saturated carbocycles. The zero-order chi connectivity index (χ0) is 20.3. The second-order valence-corrected chi connectivity index (χ2v) is 8.69. The van der Waals surface area contributed by atoms with Gasteiger partial charge in [0, 0.05) is 18.1 Å². The van der Waals surface area contributed by atoms with Crippen LogP contribution in [-0.2, 0) is 10.9 Å². The molecule has 1 amide bonds. The first-order valence-corrected chi connectivity index (χ1v) is 9.60. The minimum Gasteiger partial charge on any atom is -0.444 e. The third-order valence-corrected chi connectivity index (χ3v) is 5.53. The number of nitrogens with zero attached hydrogens (tertiary/aromatic N) is 3. The highest BCUT2D eigenvalue weighted by Crippen LogP contribution is 2.44.